The molecule has 2 fully saturated rings. The molecule has 3 rings (SSSR count). The zero-order valence-electron chi connectivity index (χ0n) is 13.7. The van der Waals surface area contributed by atoms with Gasteiger partial charge in [0, 0.05) is 38.6 Å². The van der Waals surface area contributed by atoms with Crippen LogP contribution in [0.1, 0.15) is 18.4 Å². The van der Waals surface area contributed by atoms with Gasteiger partial charge in [0.05, 0.1) is 11.6 Å². The third kappa shape index (κ3) is 4.47. The summed E-state index contributed by atoms with van der Waals surface area (Å²) in [7, 11) is 0. The molecule has 1 aliphatic carbocycles. The number of rotatable bonds is 6. The van der Waals surface area contributed by atoms with E-state index in [0.29, 0.717) is 23.8 Å². The molecule has 128 valence electrons. The Labute approximate surface area is 142 Å². The van der Waals surface area contributed by atoms with E-state index in [-0.39, 0.29) is 12.5 Å². The molecule has 0 spiro atoms. The molecular weight excluding hydrogens is 306 g/mol. The van der Waals surface area contributed by atoms with Crippen molar-refractivity contribution in [2.24, 2.45) is 5.92 Å². The summed E-state index contributed by atoms with van der Waals surface area (Å²) in [5, 5.41) is 18.9. The normalized spacial score (nSPS) is 19.6. The van der Waals surface area contributed by atoms with Crippen molar-refractivity contribution in [3.05, 3.63) is 29.8 Å². The van der Waals surface area contributed by atoms with Gasteiger partial charge in [-0.15, -0.1) is 0 Å². The molecule has 1 aliphatic heterocycles. The lowest BCUT2D eigenvalue weighted by atomic mass is 10.2. The number of aliphatic hydroxyl groups excluding tert-OH is 1. The van der Waals surface area contributed by atoms with Crippen molar-refractivity contribution in [2.75, 3.05) is 39.3 Å². The number of benzene rings is 1. The molecule has 0 aromatic heterocycles. The van der Waals surface area contributed by atoms with Crippen molar-refractivity contribution in [3.63, 3.8) is 0 Å². The monoisotopic (exact) mass is 329 g/mol. The first kappa shape index (κ1) is 16.7. The van der Waals surface area contributed by atoms with Crippen molar-refractivity contribution < 1.29 is 14.6 Å². The second kappa shape index (κ2) is 7.65. The molecule has 1 amide bonds. The number of ether oxygens (including phenoxy) is 1. The first-order chi connectivity index (χ1) is 11.7. The Balaban J connectivity index is 1.37. The van der Waals surface area contributed by atoms with Crippen LogP contribution in [-0.4, -0.2) is 66.2 Å². The van der Waals surface area contributed by atoms with Crippen LogP contribution in [0.2, 0.25) is 0 Å². The van der Waals surface area contributed by atoms with E-state index >= 15 is 0 Å². The summed E-state index contributed by atoms with van der Waals surface area (Å²) in [6.45, 7) is 3.85. The van der Waals surface area contributed by atoms with E-state index in [4.69, 9.17) is 10.00 Å². The number of hydrogen-bond donors (Lipinski definition) is 1. The molecule has 1 atom stereocenters. The van der Waals surface area contributed by atoms with E-state index in [1.54, 1.807) is 24.3 Å². The lowest BCUT2D eigenvalue weighted by molar-refractivity contribution is -0.134. The number of aliphatic hydroxyl groups is 1. The lowest BCUT2D eigenvalue weighted by Gasteiger charge is -2.35. The van der Waals surface area contributed by atoms with Gasteiger partial charge in [0.15, 0.2) is 0 Å². The second-order valence-electron chi connectivity index (χ2n) is 6.50. The van der Waals surface area contributed by atoms with Crippen molar-refractivity contribution >= 4 is 5.91 Å². The maximum Gasteiger partial charge on any atom is 0.225 e. The molecule has 1 saturated heterocycles. The molecule has 1 heterocycles. The predicted molar refractivity (Wildman–Crippen MR) is 88.4 cm³/mol. The molecule has 1 N–H and O–H groups in total. The second-order valence-corrected chi connectivity index (χ2v) is 6.50. The molecule has 1 aromatic carbocycles. The summed E-state index contributed by atoms with van der Waals surface area (Å²) in [6.07, 6.45) is 1.51. The van der Waals surface area contributed by atoms with Crippen molar-refractivity contribution in [2.45, 2.75) is 18.9 Å². The van der Waals surface area contributed by atoms with Crippen LogP contribution in [0.25, 0.3) is 0 Å². The number of piperazine rings is 1. The van der Waals surface area contributed by atoms with Gasteiger partial charge in [-0.2, -0.15) is 5.26 Å². The highest BCUT2D eigenvalue weighted by Gasteiger charge is 2.34. The van der Waals surface area contributed by atoms with Crippen molar-refractivity contribution in [1.82, 2.24) is 9.80 Å². The van der Waals surface area contributed by atoms with Crippen molar-refractivity contribution in [3.8, 4) is 11.8 Å². The van der Waals surface area contributed by atoms with Crippen LogP contribution >= 0.6 is 0 Å². The number of β-amino-alcohol motifs (C(OH)–C–C–N with tert-alkyl or cyclic N) is 1. The molecule has 1 aromatic rings. The van der Waals surface area contributed by atoms with Crippen LogP contribution in [0.4, 0.5) is 0 Å². The smallest absolute Gasteiger partial charge is 0.225 e. The molecule has 1 saturated carbocycles. The summed E-state index contributed by atoms with van der Waals surface area (Å²) in [4.78, 5) is 16.1. The number of amides is 1. The zero-order valence-corrected chi connectivity index (χ0v) is 13.7. The molecule has 6 heteroatoms. The molecule has 6 nitrogen and oxygen atoms in total. The number of carbonyl (C=O) groups is 1. The number of nitrogens with zero attached hydrogens (tertiary/aromatic N) is 3. The average molecular weight is 329 g/mol. The number of carbonyl (C=O) groups excluding carboxylic acids is 1. The summed E-state index contributed by atoms with van der Waals surface area (Å²) in [5.41, 5.74) is 0.585. The van der Waals surface area contributed by atoms with Crippen LogP contribution in [0.15, 0.2) is 24.3 Å². The average Bonchev–Trinajstić information content (AvgIpc) is 3.45. The fraction of sp³-hybridized carbons (Fsp3) is 0.556. The summed E-state index contributed by atoms with van der Waals surface area (Å²) >= 11 is 0. The van der Waals surface area contributed by atoms with Gasteiger partial charge < -0.3 is 14.7 Å². The quantitative estimate of drug-likeness (QED) is 0.837. The molecule has 1 unspecified atom stereocenters. The maximum absolute atomic E-state index is 12.0. The fourth-order valence-electron chi connectivity index (χ4n) is 2.91. The Morgan fingerprint density at radius 3 is 2.50 bits per heavy atom. The Morgan fingerprint density at radius 1 is 1.25 bits per heavy atom. The predicted octanol–water partition coefficient (Wildman–Crippen LogP) is 0.852. The van der Waals surface area contributed by atoms with Crippen LogP contribution < -0.4 is 4.74 Å². The van der Waals surface area contributed by atoms with Gasteiger partial charge in [-0.3, -0.25) is 9.69 Å². The molecular formula is C18H23N3O3. The first-order valence-corrected chi connectivity index (χ1v) is 8.48. The molecule has 24 heavy (non-hydrogen) atoms. The fourth-order valence-corrected chi connectivity index (χ4v) is 2.91. The van der Waals surface area contributed by atoms with Gasteiger partial charge in [0.2, 0.25) is 5.91 Å². The minimum Gasteiger partial charge on any atom is -0.491 e. The van der Waals surface area contributed by atoms with Crippen LogP contribution in [-0.2, 0) is 4.79 Å². The van der Waals surface area contributed by atoms with E-state index in [2.05, 4.69) is 11.0 Å². The van der Waals surface area contributed by atoms with E-state index in [0.717, 1.165) is 39.0 Å². The SMILES string of the molecule is N#Cc1ccc(OCC(O)CN2CCN(C(=O)C3CC3)CC2)cc1. The topological polar surface area (TPSA) is 76.8 Å². The summed E-state index contributed by atoms with van der Waals surface area (Å²) in [5.74, 6) is 1.23. The van der Waals surface area contributed by atoms with E-state index in [1.165, 1.54) is 0 Å². The van der Waals surface area contributed by atoms with Crippen molar-refractivity contribution in [1.29, 1.82) is 5.26 Å². The van der Waals surface area contributed by atoms with Gasteiger partial charge >= 0.3 is 0 Å². The summed E-state index contributed by atoms with van der Waals surface area (Å²) in [6, 6.07) is 8.90. The molecule has 0 bridgehead atoms. The van der Waals surface area contributed by atoms with Gasteiger partial charge in [-0.1, -0.05) is 0 Å². The maximum atomic E-state index is 12.0. The largest absolute Gasteiger partial charge is 0.491 e. The highest BCUT2D eigenvalue weighted by Crippen LogP contribution is 2.31. The number of hydrogen-bond acceptors (Lipinski definition) is 5. The minimum absolute atomic E-state index is 0.215. The van der Waals surface area contributed by atoms with Crippen LogP contribution in [0.5, 0.6) is 5.75 Å². The molecule has 2 aliphatic rings. The Morgan fingerprint density at radius 2 is 1.92 bits per heavy atom. The van der Waals surface area contributed by atoms with Gasteiger partial charge in [-0.05, 0) is 37.1 Å². The Bertz CT molecular complexity index is 599. The van der Waals surface area contributed by atoms with E-state index in [9.17, 15) is 9.90 Å². The molecule has 0 radical (unpaired) electrons. The third-order valence-corrected chi connectivity index (χ3v) is 4.51. The zero-order chi connectivity index (χ0) is 16.9. The van der Waals surface area contributed by atoms with Gasteiger partial charge in [0.1, 0.15) is 18.5 Å². The standard InChI is InChI=1S/C18H23N3O3/c19-11-14-1-5-17(6-2-14)24-13-16(22)12-20-7-9-21(10-8-20)18(23)15-3-4-15/h1-2,5-6,15-16,22H,3-4,7-10,12-13H2. The Kier molecular flexibility index (Phi) is 5.34. The number of nitriles is 1. The summed E-state index contributed by atoms with van der Waals surface area (Å²) < 4.78 is 5.56. The van der Waals surface area contributed by atoms with Gasteiger partial charge in [-0.25, -0.2) is 0 Å². The lowest BCUT2D eigenvalue weighted by Crippen LogP contribution is -2.51. The third-order valence-electron chi connectivity index (χ3n) is 4.51. The minimum atomic E-state index is -0.577. The highest BCUT2D eigenvalue weighted by atomic mass is 16.5. The van der Waals surface area contributed by atoms with E-state index < -0.39 is 6.10 Å². The van der Waals surface area contributed by atoms with Crippen LogP contribution in [0.3, 0.4) is 0 Å². The van der Waals surface area contributed by atoms with Gasteiger partial charge in [0.25, 0.3) is 0 Å². The highest BCUT2D eigenvalue weighted by molar-refractivity contribution is 5.81. The van der Waals surface area contributed by atoms with E-state index in [1.807, 2.05) is 4.90 Å². The van der Waals surface area contributed by atoms with Crippen LogP contribution in [0, 0.1) is 17.2 Å². The Hall–Kier alpha value is -2.10. The first-order valence-electron chi connectivity index (χ1n) is 8.48.